The number of carbonyl (C=O) groups is 2. The van der Waals surface area contributed by atoms with Crippen LogP contribution in [0.1, 0.15) is 60.8 Å². The fourth-order valence-electron chi connectivity index (χ4n) is 3.76. The molecule has 0 bridgehead atoms. The van der Waals surface area contributed by atoms with Crippen molar-refractivity contribution in [1.82, 2.24) is 9.55 Å². The number of aromatic nitrogens is 2. The molecule has 7 nitrogen and oxygen atoms in total. The summed E-state index contributed by atoms with van der Waals surface area (Å²) in [5.41, 5.74) is -1.68. The lowest BCUT2D eigenvalue weighted by Crippen LogP contribution is -2.26. The van der Waals surface area contributed by atoms with Crippen LogP contribution in [0.15, 0.2) is 47.3 Å². The second-order valence-electron chi connectivity index (χ2n) is 8.19. The Morgan fingerprint density at radius 3 is 2.50 bits per heavy atom. The highest BCUT2D eigenvalue weighted by Gasteiger charge is 2.34. The highest BCUT2D eigenvalue weighted by molar-refractivity contribution is 5.94. The predicted molar refractivity (Wildman–Crippen MR) is 127 cm³/mol. The number of aryl methyl sites for hydroxylation is 1. The molecule has 1 aromatic heterocycles. The zero-order valence-electron chi connectivity index (χ0n) is 20.1. The van der Waals surface area contributed by atoms with Crippen molar-refractivity contribution >= 4 is 22.8 Å². The van der Waals surface area contributed by atoms with Crippen LogP contribution in [0.5, 0.6) is 0 Å². The molecule has 0 amide bonds. The largest absolute Gasteiger partial charge is 0.466 e. The van der Waals surface area contributed by atoms with Gasteiger partial charge in [0.25, 0.3) is 5.56 Å². The Kier molecular flexibility index (Phi) is 8.84. The fourth-order valence-corrected chi connectivity index (χ4v) is 3.76. The number of esters is 2. The Labute approximate surface area is 205 Å². The zero-order valence-corrected chi connectivity index (χ0v) is 20.1. The topological polar surface area (TPSA) is 87.5 Å². The summed E-state index contributed by atoms with van der Waals surface area (Å²) in [6, 6.07) is 8.87. The lowest BCUT2D eigenvalue weighted by atomic mass is 10.1. The second kappa shape index (κ2) is 11.8. The number of hydrogen-bond acceptors (Lipinski definition) is 6. The summed E-state index contributed by atoms with van der Waals surface area (Å²) in [6.45, 7) is 2.33. The lowest BCUT2D eigenvalue weighted by Gasteiger charge is -2.18. The van der Waals surface area contributed by atoms with Crippen LogP contribution in [0.3, 0.4) is 0 Å². The SMILES string of the molecule is CCCCOC(=O)CCCCc1nc2cc(C(=O)OC)ccc2c(=O)n1-c1ccccc1C(F)(F)F. The van der Waals surface area contributed by atoms with Crippen LogP contribution in [-0.2, 0) is 26.9 Å². The average Bonchev–Trinajstić information content (AvgIpc) is 2.85. The van der Waals surface area contributed by atoms with Gasteiger partial charge in [-0.15, -0.1) is 0 Å². The van der Waals surface area contributed by atoms with E-state index < -0.39 is 23.3 Å². The molecular weight excluding hydrogens is 477 g/mol. The molecular formula is C26H27F3N2O5. The number of fused-ring (bicyclic) bond motifs is 1. The fraction of sp³-hybridized carbons (Fsp3) is 0.385. The van der Waals surface area contributed by atoms with Gasteiger partial charge in [0.15, 0.2) is 0 Å². The molecule has 3 rings (SSSR count). The first kappa shape index (κ1) is 26.9. The molecule has 0 spiro atoms. The van der Waals surface area contributed by atoms with Gasteiger partial charge in [0.05, 0.1) is 41.4 Å². The standard InChI is InChI=1S/C26H27F3N2O5/c1-3-4-15-36-23(32)12-8-7-11-22-30-20-16-17(25(34)35-2)13-14-18(20)24(33)31(22)21-10-6-5-9-19(21)26(27,28)29/h5-6,9-10,13-14,16H,3-4,7-8,11-12,15H2,1-2H3. The molecule has 0 unspecified atom stereocenters. The Balaban J connectivity index is 2.02. The van der Waals surface area contributed by atoms with Gasteiger partial charge in [0, 0.05) is 12.8 Å². The molecule has 1 heterocycles. The van der Waals surface area contributed by atoms with Crippen molar-refractivity contribution in [3.05, 3.63) is 69.8 Å². The van der Waals surface area contributed by atoms with E-state index in [4.69, 9.17) is 9.47 Å². The van der Waals surface area contributed by atoms with Crippen molar-refractivity contribution in [3.8, 4) is 5.69 Å². The van der Waals surface area contributed by atoms with Crippen LogP contribution in [0.25, 0.3) is 16.6 Å². The number of unbranched alkanes of at least 4 members (excludes halogenated alkanes) is 2. The maximum atomic E-state index is 13.8. The smallest absolute Gasteiger partial charge is 0.418 e. The number of alkyl halides is 3. The van der Waals surface area contributed by atoms with E-state index in [1.165, 1.54) is 43.5 Å². The first-order chi connectivity index (χ1) is 17.2. The molecule has 10 heteroatoms. The average molecular weight is 505 g/mol. The summed E-state index contributed by atoms with van der Waals surface area (Å²) in [6.07, 6.45) is -1.97. The van der Waals surface area contributed by atoms with Gasteiger partial charge in [-0.1, -0.05) is 25.5 Å². The molecule has 0 aliphatic rings. The summed E-state index contributed by atoms with van der Waals surface area (Å²) in [5, 5.41) is 0.0582. The number of nitrogens with zero attached hydrogens (tertiary/aromatic N) is 2. The van der Waals surface area contributed by atoms with Crippen molar-refractivity contribution in [2.75, 3.05) is 13.7 Å². The molecule has 36 heavy (non-hydrogen) atoms. The van der Waals surface area contributed by atoms with Crippen molar-refractivity contribution in [2.24, 2.45) is 0 Å². The third-order valence-corrected chi connectivity index (χ3v) is 5.60. The Bertz CT molecular complexity index is 1300. The van der Waals surface area contributed by atoms with Gasteiger partial charge >= 0.3 is 18.1 Å². The minimum absolute atomic E-state index is 0.0582. The van der Waals surface area contributed by atoms with Crippen LogP contribution in [0, 0.1) is 0 Å². The summed E-state index contributed by atoms with van der Waals surface area (Å²) in [7, 11) is 1.21. The maximum absolute atomic E-state index is 13.8. The van der Waals surface area contributed by atoms with Gasteiger partial charge in [-0.2, -0.15) is 13.2 Å². The molecule has 0 saturated heterocycles. The van der Waals surface area contributed by atoms with E-state index in [0.717, 1.165) is 23.5 Å². The monoisotopic (exact) mass is 504 g/mol. The van der Waals surface area contributed by atoms with E-state index in [1.54, 1.807) is 0 Å². The van der Waals surface area contributed by atoms with Crippen molar-refractivity contribution in [1.29, 1.82) is 0 Å². The summed E-state index contributed by atoms with van der Waals surface area (Å²) in [5.74, 6) is -0.892. The lowest BCUT2D eigenvalue weighted by molar-refractivity contribution is -0.144. The highest BCUT2D eigenvalue weighted by atomic mass is 19.4. The van der Waals surface area contributed by atoms with Gasteiger partial charge in [0.1, 0.15) is 5.82 Å². The van der Waals surface area contributed by atoms with E-state index in [9.17, 15) is 27.6 Å². The minimum atomic E-state index is -4.70. The van der Waals surface area contributed by atoms with Crippen LogP contribution in [-0.4, -0.2) is 35.2 Å². The molecule has 0 radical (unpaired) electrons. The van der Waals surface area contributed by atoms with E-state index in [2.05, 4.69) is 4.98 Å². The molecule has 3 aromatic rings. The Morgan fingerprint density at radius 1 is 1.06 bits per heavy atom. The van der Waals surface area contributed by atoms with Gasteiger partial charge in [-0.05, 0) is 49.6 Å². The second-order valence-corrected chi connectivity index (χ2v) is 8.19. The number of methoxy groups -OCH3 is 1. The van der Waals surface area contributed by atoms with Gasteiger partial charge in [-0.25, -0.2) is 9.78 Å². The van der Waals surface area contributed by atoms with E-state index >= 15 is 0 Å². The number of hydrogen-bond donors (Lipinski definition) is 0. The van der Waals surface area contributed by atoms with Crippen LogP contribution in [0.2, 0.25) is 0 Å². The molecule has 0 aliphatic carbocycles. The van der Waals surface area contributed by atoms with Gasteiger partial charge in [-0.3, -0.25) is 14.2 Å². The summed E-state index contributed by atoms with van der Waals surface area (Å²) >= 11 is 0. The molecule has 0 N–H and O–H groups in total. The molecule has 0 atom stereocenters. The maximum Gasteiger partial charge on any atom is 0.418 e. The van der Waals surface area contributed by atoms with E-state index in [0.29, 0.717) is 19.4 Å². The number of ether oxygens (including phenoxy) is 2. The van der Waals surface area contributed by atoms with E-state index in [1.807, 2.05) is 6.92 Å². The minimum Gasteiger partial charge on any atom is -0.466 e. The number of halogens is 3. The molecule has 0 fully saturated rings. The van der Waals surface area contributed by atoms with Gasteiger partial charge < -0.3 is 9.47 Å². The van der Waals surface area contributed by atoms with Crippen molar-refractivity contribution < 1.29 is 32.2 Å². The van der Waals surface area contributed by atoms with Crippen molar-refractivity contribution in [2.45, 2.75) is 51.6 Å². The third kappa shape index (κ3) is 6.30. The highest BCUT2D eigenvalue weighted by Crippen LogP contribution is 2.34. The third-order valence-electron chi connectivity index (χ3n) is 5.60. The molecule has 2 aromatic carbocycles. The predicted octanol–water partition coefficient (Wildman–Crippen LogP) is 5.25. The van der Waals surface area contributed by atoms with E-state index in [-0.39, 0.29) is 46.8 Å². The number of para-hydroxylation sites is 1. The first-order valence-corrected chi connectivity index (χ1v) is 11.6. The number of carbonyl (C=O) groups excluding carboxylic acids is 2. The normalized spacial score (nSPS) is 11.5. The molecule has 0 saturated carbocycles. The first-order valence-electron chi connectivity index (χ1n) is 11.6. The Morgan fingerprint density at radius 2 is 1.81 bits per heavy atom. The Hall–Kier alpha value is -3.69. The van der Waals surface area contributed by atoms with Crippen LogP contribution >= 0.6 is 0 Å². The summed E-state index contributed by atoms with van der Waals surface area (Å²) < 4.78 is 52.1. The van der Waals surface area contributed by atoms with Crippen LogP contribution < -0.4 is 5.56 Å². The van der Waals surface area contributed by atoms with Crippen molar-refractivity contribution in [3.63, 3.8) is 0 Å². The van der Waals surface area contributed by atoms with Gasteiger partial charge in [0.2, 0.25) is 0 Å². The van der Waals surface area contributed by atoms with Crippen LogP contribution in [0.4, 0.5) is 13.2 Å². The number of rotatable bonds is 10. The molecule has 192 valence electrons. The molecule has 0 aliphatic heterocycles. The number of benzene rings is 2. The summed E-state index contributed by atoms with van der Waals surface area (Å²) in [4.78, 5) is 41.7. The quantitative estimate of drug-likeness (QED) is 0.277. The zero-order chi connectivity index (χ0) is 26.3.